The van der Waals surface area contributed by atoms with Gasteiger partial charge in [-0.1, -0.05) is 11.6 Å². The van der Waals surface area contributed by atoms with Gasteiger partial charge in [0.25, 0.3) is 0 Å². The van der Waals surface area contributed by atoms with Crippen LogP contribution in [0.25, 0.3) is 0 Å². The van der Waals surface area contributed by atoms with Gasteiger partial charge in [0.2, 0.25) is 0 Å². The quantitative estimate of drug-likeness (QED) is 0.747. The maximum Gasteiger partial charge on any atom is 0.339 e. The van der Waals surface area contributed by atoms with Gasteiger partial charge < -0.3 is 15.5 Å². The molecule has 0 amide bonds. The van der Waals surface area contributed by atoms with Crippen LogP contribution >= 0.6 is 11.6 Å². The van der Waals surface area contributed by atoms with Crippen molar-refractivity contribution in [2.75, 3.05) is 5.32 Å². The summed E-state index contributed by atoms with van der Waals surface area (Å²) in [5.41, 5.74) is 0.0222. The first kappa shape index (κ1) is 13.6. The lowest BCUT2D eigenvalue weighted by atomic mass is 9.63. The molecule has 3 aliphatic carbocycles. The Morgan fingerprint density at radius 2 is 1.85 bits per heavy atom. The van der Waals surface area contributed by atoms with Gasteiger partial charge in [-0.25, -0.2) is 9.78 Å². The minimum Gasteiger partial charge on any atom is -0.478 e. The van der Waals surface area contributed by atoms with Crippen LogP contribution in [0.2, 0.25) is 5.15 Å². The number of pyridine rings is 1. The highest BCUT2D eigenvalue weighted by Gasteiger charge is 2.47. The van der Waals surface area contributed by atoms with Crippen LogP contribution in [0.3, 0.4) is 0 Å². The van der Waals surface area contributed by atoms with E-state index in [1.807, 2.05) is 0 Å². The van der Waals surface area contributed by atoms with Crippen LogP contribution in [0.1, 0.15) is 48.9 Å². The lowest BCUT2D eigenvalue weighted by molar-refractivity contribution is -0.0580. The molecule has 3 saturated carbocycles. The molecular formula is C14H17ClN2O3. The molecule has 0 aromatic carbocycles. The van der Waals surface area contributed by atoms with Crippen molar-refractivity contribution in [3.63, 3.8) is 0 Å². The molecule has 0 atom stereocenters. The largest absolute Gasteiger partial charge is 0.478 e. The number of aromatic carboxylic acids is 1. The number of anilines is 1. The van der Waals surface area contributed by atoms with Crippen molar-refractivity contribution in [1.82, 2.24) is 4.98 Å². The first-order chi connectivity index (χ1) is 9.41. The fourth-order valence-corrected chi connectivity index (χ4v) is 3.50. The van der Waals surface area contributed by atoms with Gasteiger partial charge in [-0.05, 0) is 44.6 Å². The van der Waals surface area contributed by atoms with Crippen LogP contribution < -0.4 is 5.32 Å². The molecule has 6 heteroatoms. The molecule has 0 unspecified atom stereocenters. The van der Waals surface area contributed by atoms with Gasteiger partial charge in [-0.15, -0.1) is 0 Å². The summed E-state index contributed by atoms with van der Waals surface area (Å²) in [6.07, 6.45) is 6.13. The second-order valence-electron chi connectivity index (χ2n) is 5.99. The van der Waals surface area contributed by atoms with Gasteiger partial charge in [0.15, 0.2) is 0 Å². The summed E-state index contributed by atoms with van der Waals surface area (Å²) in [6.45, 7) is 0. The molecule has 2 bridgehead atoms. The highest BCUT2D eigenvalue weighted by atomic mass is 35.5. The Balaban J connectivity index is 1.88. The molecule has 3 fully saturated rings. The third kappa shape index (κ3) is 2.36. The molecule has 0 aliphatic heterocycles. The number of aromatic nitrogens is 1. The van der Waals surface area contributed by atoms with Crippen LogP contribution in [-0.2, 0) is 0 Å². The minimum atomic E-state index is -1.02. The lowest BCUT2D eigenvalue weighted by Gasteiger charge is -2.51. The van der Waals surface area contributed by atoms with E-state index in [9.17, 15) is 15.0 Å². The van der Waals surface area contributed by atoms with Gasteiger partial charge in [0, 0.05) is 11.7 Å². The Kier molecular flexibility index (Phi) is 3.14. The van der Waals surface area contributed by atoms with Crippen LogP contribution in [0.5, 0.6) is 0 Å². The fourth-order valence-electron chi connectivity index (χ4n) is 3.34. The maximum atomic E-state index is 11.3. The Hall–Kier alpha value is -1.33. The molecule has 3 N–H and O–H groups in total. The Bertz CT molecular complexity index is 537. The monoisotopic (exact) mass is 296 g/mol. The highest BCUT2D eigenvalue weighted by molar-refractivity contribution is 6.29. The second kappa shape index (κ2) is 4.60. The molecule has 0 spiro atoms. The van der Waals surface area contributed by atoms with E-state index in [0.717, 1.165) is 38.5 Å². The van der Waals surface area contributed by atoms with Crippen LogP contribution in [0, 0.1) is 0 Å². The summed E-state index contributed by atoms with van der Waals surface area (Å²) in [6, 6.07) is 1.56. The van der Waals surface area contributed by atoms with E-state index < -0.39 is 11.6 Å². The molecule has 5 nitrogen and oxygen atoms in total. The summed E-state index contributed by atoms with van der Waals surface area (Å²) in [4.78, 5) is 15.1. The number of nitrogens with one attached hydrogen (secondary N) is 1. The Morgan fingerprint density at radius 3 is 2.40 bits per heavy atom. The zero-order chi connectivity index (χ0) is 14.4. The summed E-state index contributed by atoms with van der Waals surface area (Å²) in [5.74, 6) is -1.02. The van der Waals surface area contributed by atoms with E-state index in [0.29, 0.717) is 5.69 Å². The van der Waals surface area contributed by atoms with Crippen LogP contribution in [-0.4, -0.2) is 32.3 Å². The van der Waals surface area contributed by atoms with Gasteiger partial charge >= 0.3 is 5.97 Å². The number of halogens is 1. The topological polar surface area (TPSA) is 82.5 Å². The zero-order valence-electron chi connectivity index (χ0n) is 11.0. The number of carbonyl (C=O) groups is 1. The van der Waals surface area contributed by atoms with Crippen molar-refractivity contribution in [1.29, 1.82) is 0 Å². The lowest BCUT2D eigenvalue weighted by Crippen LogP contribution is -2.53. The number of carboxylic acid groups (broad SMARTS) is 1. The molecule has 20 heavy (non-hydrogen) atoms. The van der Waals surface area contributed by atoms with Crippen LogP contribution in [0.4, 0.5) is 5.69 Å². The molecule has 0 radical (unpaired) electrons. The smallest absolute Gasteiger partial charge is 0.339 e. The fraction of sp³-hybridized carbons (Fsp3) is 0.571. The summed E-state index contributed by atoms with van der Waals surface area (Å²) in [5, 5.41) is 23.1. The minimum absolute atomic E-state index is 0.126. The predicted octanol–water partition coefficient (Wildman–Crippen LogP) is 2.68. The SMILES string of the molecule is O=C(O)c1cnc(Cl)cc1NC12CCC(O)(CC1)CC2. The second-order valence-corrected chi connectivity index (χ2v) is 6.37. The zero-order valence-corrected chi connectivity index (χ0v) is 11.8. The number of carboxylic acids is 1. The number of fused-ring (bicyclic) bond motifs is 3. The van der Waals surface area contributed by atoms with Gasteiger partial charge in [0.05, 0.1) is 11.3 Å². The predicted molar refractivity (Wildman–Crippen MR) is 75.2 cm³/mol. The third-order valence-corrected chi connectivity index (χ3v) is 4.91. The van der Waals surface area contributed by atoms with E-state index >= 15 is 0 Å². The van der Waals surface area contributed by atoms with Gasteiger partial charge in [-0.2, -0.15) is 0 Å². The maximum absolute atomic E-state index is 11.3. The summed E-state index contributed by atoms with van der Waals surface area (Å²) >= 11 is 5.88. The molecular weight excluding hydrogens is 280 g/mol. The average Bonchev–Trinajstić information content (AvgIpc) is 2.40. The van der Waals surface area contributed by atoms with Crippen molar-refractivity contribution in [2.45, 2.75) is 49.7 Å². The van der Waals surface area contributed by atoms with Gasteiger partial charge in [0.1, 0.15) is 10.7 Å². The molecule has 108 valence electrons. The number of aliphatic hydroxyl groups is 1. The number of hydrogen-bond acceptors (Lipinski definition) is 4. The van der Waals surface area contributed by atoms with E-state index in [1.54, 1.807) is 6.07 Å². The number of hydrogen-bond donors (Lipinski definition) is 3. The third-order valence-electron chi connectivity index (χ3n) is 4.71. The van der Waals surface area contributed by atoms with E-state index in [-0.39, 0.29) is 16.3 Å². The first-order valence-electron chi connectivity index (χ1n) is 6.81. The van der Waals surface area contributed by atoms with Gasteiger partial charge in [-0.3, -0.25) is 0 Å². The Labute approximate surface area is 122 Å². The van der Waals surface area contributed by atoms with Crippen molar-refractivity contribution < 1.29 is 15.0 Å². The molecule has 0 saturated heterocycles. The normalized spacial score (nSPS) is 32.1. The standard InChI is InChI=1S/C14H17ClN2O3/c15-11-7-10(9(8-16-11)12(18)19)17-13-1-4-14(20,5-2-13)6-3-13/h7-8,20H,1-6H2,(H,16,17)(H,18,19). The molecule has 1 aromatic heterocycles. The van der Waals surface area contributed by atoms with E-state index in [4.69, 9.17) is 11.6 Å². The van der Waals surface area contributed by atoms with Crippen molar-refractivity contribution in [2.24, 2.45) is 0 Å². The number of nitrogens with zero attached hydrogens (tertiary/aromatic N) is 1. The molecule has 1 aromatic rings. The first-order valence-corrected chi connectivity index (χ1v) is 7.19. The molecule has 1 heterocycles. The van der Waals surface area contributed by atoms with E-state index in [1.165, 1.54) is 6.20 Å². The summed E-state index contributed by atoms with van der Waals surface area (Å²) in [7, 11) is 0. The molecule has 4 rings (SSSR count). The van der Waals surface area contributed by atoms with Crippen molar-refractivity contribution in [3.05, 3.63) is 23.0 Å². The highest BCUT2D eigenvalue weighted by Crippen LogP contribution is 2.48. The molecule has 3 aliphatic rings. The van der Waals surface area contributed by atoms with E-state index in [2.05, 4.69) is 10.3 Å². The Morgan fingerprint density at radius 1 is 1.25 bits per heavy atom. The number of rotatable bonds is 3. The summed E-state index contributed by atoms with van der Waals surface area (Å²) < 4.78 is 0. The average molecular weight is 297 g/mol. The van der Waals surface area contributed by atoms with Crippen molar-refractivity contribution >= 4 is 23.3 Å². The van der Waals surface area contributed by atoms with Crippen LogP contribution in [0.15, 0.2) is 12.3 Å². The van der Waals surface area contributed by atoms with Crippen molar-refractivity contribution in [3.8, 4) is 0 Å².